The van der Waals surface area contributed by atoms with Crippen molar-refractivity contribution < 1.29 is 22.7 Å². The van der Waals surface area contributed by atoms with Crippen molar-refractivity contribution in [2.75, 3.05) is 6.61 Å². The maximum Gasteiger partial charge on any atom is 0.391 e. The molecule has 1 rings (SSSR count). The fraction of sp³-hybridized carbons (Fsp3) is 0.889. The van der Waals surface area contributed by atoms with Crippen LogP contribution in [0.15, 0.2) is 0 Å². The normalized spacial score (nSPS) is 26.1. The largest absolute Gasteiger partial charge is 0.391 e. The van der Waals surface area contributed by atoms with Crippen LogP contribution >= 0.6 is 0 Å². The number of carbonyl (C=O) groups is 1. The SMILES string of the molecule is CC1(C)C(=O)CC1OCCC(F)(F)F. The second-order valence-corrected chi connectivity index (χ2v) is 4.07. The molecule has 0 aromatic heterocycles. The number of ether oxygens (including phenoxy) is 1. The van der Waals surface area contributed by atoms with E-state index in [1.807, 2.05) is 0 Å². The van der Waals surface area contributed by atoms with E-state index in [9.17, 15) is 18.0 Å². The van der Waals surface area contributed by atoms with E-state index in [0.717, 1.165) is 0 Å². The number of hydrogen-bond acceptors (Lipinski definition) is 2. The molecule has 1 saturated carbocycles. The van der Waals surface area contributed by atoms with Gasteiger partial charge >= 0.3 is 6.18 Å². The van der Waals surface area contributed by atoms with Gasteiger partial charge in [0.2, 0.25) is 0 Å². The average molecular weight is 210 g/mol. The Labute approximate surface area is 80.4 Å². The van der Waals surface area contributed by atoms with Crippen LogP contribution in [0.1, 0.15) is 26.7 Å². The van der Waals surface area contributed by atoms with Crippen LogP contribution in [0.25, 0.3) is 0 Å². The van der Waals surface area contributed by atoms with Gasteiger partial charge in [0.1, 0.15) is 5.78 Å². The number of hydrogen-bond donors (Lipinski definition) is 0. The molecule has 1 atom stereocenters. The highest BCUT2D eigenvalue weighted by atomic mass is 19.4. The molecule has 1 aliphatic carbocycles. The van der Waals surface area contributed by atoms with E-state index in [-0.39, 0.29) is 24.9 Å². The van der Waals surface area contributed by atoms with E-state index in [2.05, 4.69) is 0 Å². The molecule has 0 bridgehead atoms. The lowest BCUT2D eigenvalue weighted by Crippen LogP contribution is -2.51. The second-order valence-electron chi connectivity index (χ2n) is 4.07. The van der Waals surface area contributed by atoms with Crippen LogP contribution in [0.2, 0.25) is 0 Å². The summed E-state index contributed by atoms with van der Waals surface area (Å²) in [6.45, 7) is 3.03. The van der Waals surface area contributed by atoms with Gasteiger partial charge in [-0.3, -0.25) is 4.79 Å². The van der Waals surface area contributed by atoms with E-state index in [4.69, 9.17) is 4.74 Å². The Hall–Kier alpha value is -0.580. The molecule has 1 aliphatic rings. The minimum atomic E-state index is -4.18. The van der Waals surface area contributed by atoms with Gasteiger partial charge in [-0.05, 0) is 0 Å². The predicted molar refractivity (Wildman–Crippen MR) is 43.8 cm³/mol. The van der Waals surface area contributed by atoms with Crippen LogP contribution in [-0.4, -0.2) is 24.7 Å². The third-order valence-corrected chi connectivity index (χ3v) is 2.60. The number of halogens is 3. The highest BCUT2D eigenvalue weighted by Crippen LogP contribution is 2.39. The molecule has 2 nitrogen and oxygen atoms in total. The maximum atomic E-state index is 11.8. The Morgan fingerprint density at radius 2 is 2.07 bits per heavy atom. The quantitative estimate of drug-likeness (QED) is 0.714. The lowest BCUT2D eigenvalue weighted by Gasteiger charge is -2.41. The van der Waals surface area contributed by atoms with E-state index >= 15 is 0 Å². The Bertz CT molecular complexity index is 233. The highest BCUT2D eigenvalue weighted by molar-refractivity contribution is 5.91. The van der Waals surface area contributed by atoms with Gasteiger partial charge in [-0.25, -0.2) is 0 Å². The van der Waals surface area contributed by atoms with Crippen LogP contribution in [0.4, 0.5) is 13.2 Å². The van der Waals surface area contributed by atoms with Gasteiger partial charge < -0.3 is 4.74 Å². The predicted octanol–water partition coefficient (Wildman–Crippen LogP) is 2.32. The minimum absolute atomic E-state index is 0.0505. The molecule has 0 saturated heterocycles. The Kier molecular flexibility index (Phi) is 2.90. The van der Waals surface area contributed by atoms with Gasteiger partial charge in [0, 0.05) is 6.42 Å². The highest BCUT2D eigenvalue weighted by Gasteiger charge is 2.48. The molecule has 0 heterocycles. The van der Waals surface area contributed by atoms with Gasteiger partial charge in [-0.2, -0.15) is 13.2 Å². The molecule has 82 valence electrons. The summed E-state index contributed by atoms with van der Waals surface area (Å²) in [7, 11) is 0. The summed E-state index contributed by atoms with van der Waals surface area (Å²) >= 11 is 0. The van der Waals surface area contributed by atoms with Gasteiger partial charge in [-0.15, -0.1) is 0 Å². The summed E-state index contributed by atoms with van der Waals surface area (Å²) in [5.41, 5.74) is -0.606. The number of rotatable bonds is 3. The second kappa shape index (κ2) is 3.53. The van der Waals surface area contributed by atoms with Crippen LogP contribution in [0.3, 0.4) is 0 Å². The Morgan fingerprint density at radius 3 is 2.43 bits per heavy atom. The lowest BCUT2D eigenvalue weighted by molar-refractivity contribution is -0.172. The van der Waals surface area contributed by atoms with Crippen LogP contribution in [-0.2, 0) is 9.53 Å². The minimum Gasteiger partial charge on any atom is -0.376 e. The molecular formula is C9H13F3O2. The molecule has 1 unspecified atom stereocenters. The molecular weight excluding hydrogens is 197 g/mol. The van der Waals surface area contributed by atoms with Crippen LogP contribution in [0, 0.1) is 5.41 Å². The average Bonchev–Trinajstić information content (AvgIpc) is 2.01. The fourth-order valence-electron chi connectivity index (χ4n) is 1.32. The zero-order valence-electron chi connectivity index (χ0n) is 8.15. The molecule has 0 spiro atoms. The number of ketones is 1. The lowest BCUT2D eigenvalue weighted by atomic mass is 9.68. The van der Waals surface area contributed by atoms with E-state index < -0.39 is 18.0 Å². The summed E-state index contributed by atoms with van der Waals surface area (Å²) in [6.07, 6.45) is -5.24. The van der Waals surface area contributed by atoms with Crippen LogP contribution < -0.4 is 0 Å². The first kappa shape index (κ1) is 11.5. The summed E-state index contributed by atoms with van der Waals surface area (Å²) in [5.74, 6) is 0.0505. The zero-order chi connectivity index (χ0) is 11.0. The summed E-state index contributed by atoms with van der Waals surface area (Å²) in [6, 6.07) is 0. The molecule has 0 aliphatic heterocycles. The Balaban J connectivity index is 2.25. The first-order valence-electron chi connectivity index (χ1n) is 4.45. The number of Topliss-reactive ketones (excluding diaryl/α,β-unsaturated/α-hetero) is 1. The van der Waals surface area contributed by atoms with Crippen molar-refractivity contribution in [1.82, 2.24) is 0 Å². The first-order valence-corrected chi connectivity index (χ1v) is 4.45. The zero-order valence-corrected chi connectivity index (χ0v) is 8.15. The van der Waals surface area contributed by atoms with Gasteiger partial charge in [-0.1, -0.05) is 13.8 Å². The van der Waals surface area contributed by atoms with Crippen molar-refractivity contribution in [3.05, 3.63) is 0 Å². The van der Waals surface area contributed by atoms with Crippen molar-refractivity contribution in [2.24, 2.45) is 5.41 Å². The van der Waals surface area contributed by atoms with E-state index in [1.54, 1.807) is 13.8 Å². The van der Waals surface area contributed by atoms with Crippen molar-refractivity contribution in [1.29, 1.82) is 0 Å². The van der Waals surface area contributed by atoms with Crippen molar-refractivity contribution in [3.8, 4) is 0 Å². The van der Waals surface area contributed by atoms with Gasteiger partial charge in [0.25, 0.3) is 0 Å². The molecule has 0 aromatic rings. The van der Waals surface area contributed by atoms with Crippen molar-refractivity contribution >= 4 is 5.78 Å². The molecule has 1 fully saturated rings. The third-order valence-electron chi connectivity index (χ3n) is 2.60. The van der Waals surface area contributed by atoms with E-state index in [1.165, 1.54) is 0 Å². The first-order chi connectivity index (χ1) is 6.23. The van der Waals surface area contributed by atoms with Gasteiger partial charge in [0.05, 0.1) is 24.5 Å². The summed E-state index contributed by atoms with van der Waals surface area (Å²) in [4.78, 5) is 11.0. The third kappa shape index (κ3) is 2.47. The Morgan fingerprint density at radius 1 is 1.50 bits per heavy atom. The number of alkyl halides is 3. The van der Waals surface area contributed by atoms with Crippen molar-refractivity contribution in [3.63, 3.8) is 0 Å². The summed E-state index contributed by atoms with van der Waals surface area (Å²) < 4.78 is 40.2. The van der Waals surface area contributed by atoms with Crippen LogP contribution in [0.5, 0.6) is 0 Å². The molecule has 0 radical (unpaired) electrons. The van der Waals surface area contributed by atoms with E-state index in [0.29, 0.717) is 0 Å². The molecule has 14 heavy (non-hydrogen) atoms. The van der Waals surface area contributed by atoms with Crippen molar-refractivity contribution in [2.45, 2.75) is 39.0 Å². The molecule has 0 amide bonds. The monoisotopic (exact) mass is 210 g/mol. The standard InChI is InChI=1S/C9H13F3O2/c1-8(2)6(13)5-7(8)14-4-3-9(10,11)12/h7H,3-5H2,1-2H3. The molecule has 0 aromatic carbocycles. The fourth-order valence-corrected chi connectivity index (χ4v) is 1.32. The maximum absolute atomic E-state index is 11.8. The summed E-state index contributed by atoms with van der Waals surface area (Å²) in [5, 5.41) is 0. The molecule has 5 heteroatoms. The van der Waals surface area contributed by atoms with Gasteiger partial charge in [0.15, 0.2) is 0 Å². The number of carbonyl (C=O) groups excluding carboxylic acids is 1. The smallest absolute Gasteiger partial charge is 0.376 e. The topological polar surface area (TPSA) is 26.3 Å². The molecule has 0 N–H and O–H groups in total.